The van der Waals surface area contributed by atoms with E-state index in [1.807, 2.05) is 18.3 Å². The van der Waals surface area contributed by atoms with Crippen LogP contribution < -0.4 is 10.6 Å². The number of hydrogen-bond donors (Lipinski definition) is 3. The molecule has 0 unspecified atom stereocenters. The number of para-hydroxylation sites is 1. The van der Waals surface area contributed by atoms with Crippen molar-refractivity contribution < 1.29 is 9.59 Å². The van der Waals surface area contributed by atoms with Crippen LogP contribution in [0.3, 0.4) is 0 Å². The number of aromatic nitrogens is 1. The van der Waals surface area contributed by atoms with Gasteiger partial charge in [-0.25, -0.2) is 0 Å². The van der Waals surface area contributed by atoms with Gasteiger partial charge < -0.3 is 15.6 Å². The number of nitrogens with one attached hydrogen (secondary N) is 3. The van der Waals surface area contributed by atoms with Crippen molar-refractivity contribution in [3.8, 4) is 0 Å². The van der Waals surface area contributed by atoms with Gasteiger partial charge in [0, 0.05) is 42.5 Å². The van der Waals surface area contributed by atoms with Crippen LogP contribution in [0.5, 0.6) is 0 Å². The predicted octanol–water partition coefficient (Wildman–Crippen LogP) is 2.13. The zero-order chi connectivity index (χ0) is 16.1. The molecule has 0 aliphatic heterocycles. The van der Waals surface area contributed by atoms with Crippen LogP contribution in [0.25, 0.3) is 10.9 Å². The van der Waals surface area contributed by atoms with E-state index in [0.717, 1.165) is 31.2 Å². The fourth-order valence-electron chi connectivity index (χ4n) is 2.74. The minimum atomic E-state index is 0.0468. The highest BCUT2D eigenvalue weighted by Crippen LogP contribution is 2.28. The summed E-state index contributed by atoms with van der Waals surface area (Å²) in [5, 5.41) is 6.93. The largest absolute Gasteiger partial charge is 0.361 e. The number of rotatable bonds is 8. The number of benzene rings is 1. The van der Waals surface area contributed by atoms with E-state index >= 15 is 0 Å². The smallest absolute Gasteiger partial charge is 0.223 e. The van der Waals surface area contributed by atoms with Crippen LogP contribution >= 0.6 is 0 Å². The van der Waals surface area contributed by atoms with E-state index in [4.69, 9.17) is 0 Å². The third kappa shape index (κ3) is 4.34. The molecule has 5 nitrogen and oxygen atoms in total. The number of carbonyl (C=O) groups is 2. The summed E-state index contributed by atoms with van der Waals surface area (Å²) < 4.78 is 0. The SMILES string of the molecule is O=C(CCCc1c[nH]c2ccccc12)NCCNC(=O)C1CC1. The van der Waals surface area contributed by atoms with Gasteiger partial charge in [-0.1, -0.05) is 18.2 Å². The van der Waals surface area contributed by atoms with Gasteiger partial charge >= 0.3 is 0 Å². The van der Waals surface area contributed by atoms with E-state index < -0.39 is 0 Å². The highest BCUT2D eigenvalue weighted by Gasteiger charge is 2.28. The third-order valence-corrected chi connectivity index (χ3v) is 4.22. The quantitative estimate of drug-likeness (QED) is 0.653. The molecular weight excluding hydrogens is 290 g/mol. The summed E-state index contributed by atoms with van der Waals surface area (Å²) in [6.45, 7) is 1.02. The van der Waals surface area contributed by atoms with Crippen molar-refractivity contribution in [3.05, 3.63) is 36.0 Å². The molecule has 1 aromatic carbocycles. The zero-order valence-electron chi connectivity index (χ0n) is 13.2. The number of aryl methyl sites for hydroxylation is 1. The number of H-pyrrole nitrogens is 1. The lowest BCUT2D eigenvalue weighted by Crippen LogP contribution is -2.35. The van der Waals surface area contributed by atoms with Crippen LogP contribution in [-0.2, 0) is 16.0 Å². The van der Waals surface area contributed by atoms with Crippen LogP contribution in [0, 0.1) is 5.92 Å². The summed E-state index contributed by atoms with van der Waals surface area (Å²) in [4.78, 5) is 26.5. The molecule has 122 valence electrons. The van der Waals surface area contributed by atoms with E-state index in [9.17, 15) is 9.59 Å². The summed E-state index contributed by atoms with van der Waals surface area (Å²) >= 11 is 0. The highest BCUT2D eigenvalue weighted by atomic mass is 16.2. The van der Waals surface area contributed by atoms with Gasteiger partial charge in [0.1, 0.15) is 0 Å². The summed E-state index contributed by atoms with van der Waals surface area (Å²) in [6.07, 6.45) is 6.25. The molecule has 1 saturated carbocycles. The highest BCUT2D eigenvalue weighted by molar-refractivity contribution is 5.83. The second kappa shape index (κ2) is 7.31. The molecule has 1 aliphatic rings. The maximum atomic E-state index is 11.8. The second-order valence-electron chi connectivity index (χ2n) is 6.13. The van der Waals surface area contributed by atoms with Crippen molar-refractivity contribution in [2.24, 2.45) is 5.92 Å². The predicted molar refractivity (Wildman–Crippen MR) is 90.0 cm³/mol. The Hall–Kier alpha value is -2.30. The van der Waals surface area contributed by atoms with Gasteiger partial charge in [0.15, 0.2) is 0 Å². The molecule has 0 bridgehead atoms. The molecule has 1 heterocycles. The first kappa shape index (κ1) is 15.6. The Labute approximate surface area is 135 Å². The molecule has 1 fully saturated rings. The molecule has 23 heavy (non-hydrogen) atoms. The van der Waals surface area contributed by atoms with Crippen molar-refractivity contribution >= 4 is 22.7 Å². The van der Waals surface area contributed by atoms with Crippen LogP contribution in [0.4, 0.5) is 0 Å². The Bertz CT molecular complexity index is 688. The molecule has 5 heteroatoms. The first-order valence-electron chi connectivity index (χ1n) is 8.33. The number of amides is 2. The third-order valence-electron chi connectivity index (χ3n) is 4.22. The lowest BCUT2D eigenvalue weighted by molar-refractivity contribution is -0.123. The van der Waals surface area contributed by atoms with Crippen molar-refractivity contribution in [2.75, 3.05) is 13.1 Å². The van der Waals surface area contributed by atoms with Crippen molar-refractivity contribution in [2.45, 2.75) is 32.1 Å². The van der Waals surface area contributed by atoms with Crippen LogP contribution in [0.1, 0.15) is 31.2 Å². The average Bonchev–Trinajstić information content (AvgIpc) is 3.34. The maximum absolute atomic E-state index is 11.8. The van der Waals surface area contributed by atoms with Crippen molar-refractivity contribution in [1.29, 1.82) is 0 Å². The first-order chi connectivity index (χ1) is 11.2. The lowest BCUT2D eigenvalue weighted by atomic mass is 10.1. The fraction of sp³-hybridized carbons (Fsp3) is 0.444. The Morgan fingerprint density at radius 2 is 1.91 bits per heavy atom. The van der Waals surface area contributed by atoms with Crippen LogP contribution in [0.2, 0.25) is 0 Å². The topological polar surface area (TPSA) is 74.0 Å². The molecule has 0 atom stereocenters. The Kier molecular flexibility index (Phi) is 4.95. The van der Waals surface area contributed by atoms with E-state index in [2.05, 4.69) is 27.8 Å². The molecule has 3 rings (SSSR count). The number of hydrogen-bond acceptors (Lipinski definition) is 2. The Morgan fingerprint density at radius 1 is 1.13 bits per heavy atom. The minimum absolute atomic E-state index is 0.0468. The van der Waals surface area contributed by atoms with Gasteiger partial charge in [-0.15, -0.1) is 0 Å². The monoisotopic (exact) mass is 313 g/mol. The normalized spacial score (nSPS) is 13.9. The average molecular weight is 313 g/mol. The summed E-state index contributed by atoms with van der Waals surface area (Å²) in [5.74, 6) is 0.394. The van der Waals surface area contributed by atoms with Gasteiger partial charge in [-0.3, -0.25) is 9.59 Å². The van der Waals surface area contributed by atoms with Gasteiger partial charge in [-0.05, 0) is 37.3 Å². The molecule has 2 aromatic rings. The Balaban J connectivity index is 1.32. The minimum Gasteiger partial charge on any atom is -0.361 e. The molecule has 1 aromatic heterocycles. The van der Waals surface area contributed by atoms with Gasteiger partial charge in [0.05, 0.1) is 0 Å². The van der Waals surface area contributed by atoms with Crippen LogP contribution in [0.15, 0.2) is 30.5 Å². The number of carbonyl (C=O) groups excluding carboxylic acids is 2. The van der Waals surface area contributed by atoms with Gasteiger partial charge in [-0.2, -0.15) is 0 Å². The van der Waals surface area contributed by atoms with Gasteiger partial charge in [0.25, 0.3) is 0 Å². The Morgan fingerprint density at radius 3 is 2.74 bits per heavy atom. The summed E-state index contributed by atoms with van der Waals surface area (Å²) in [5.41, 5.74) is 2.39. The van der Waals surface area contributed by atoms with Crippen molar-refractivity contribution in [1.82, 2.24) is 15.6 Å². The summed E-state index contributed by atoms with van der Waals surface area (Å²) in [7, 11) is 0. The molecule has 1 aliphatic carbocycles. The molecule has 0 spiro atoms. The fourth-order valence-corrected chi connectivity index (χ4v) is 2.74. The van der Waals surface area contributed by atoms with E-state index in [-0.39, 0.29) is 17.7 Å². The first-order valence-corrected chi connectivity index (χ1v) is 8.33. The molecule has 2 amide bonds. The van der Waals surface area contributed by atoms with Crippen LogP contribution in [-0.4, -0.2) is 29.9 Å². The molecule has 0 radical (unpaired) electrons. The van der Waals surface area contributed by atoms with Crippen molar-refractivity contribution in [3.63, 3.8) is 0 Å². The maximum Gasteiger partial charge on any atom is 0.223 e. The standard InChI is InChI=1S/C18H23N3O2/c22-17(19-10-11-20-18(23)13-8-9-13)7-3-4-14-12-21-16-6-2-1-5-15(14)16/h1-2,5-6,12-13,21H,3-4,7-11H2,(H,19,22)(H,20,23). The molecular formula is C18H23N3O2. The zero-order valence-corrected chi connectivity index (χ0v) is 13.2. The van der Waals surface area contributed by atoms with E-state index in [1.54, 1.807) is 0 Å². The number of aromatic amines is 1. The molecule has 0 saturated heterocycles. The lowest BCUT2D eigenvalue weighted by Gasteiger charge is -2.06. The second-order valence-corrected chi connectivity index (χ2v) is 6.13. The van der Waals surface area contributed by atoms with E-state index in [1.165, 1.54) is 10.9 Å². The summed E-state index contributed by atoms with van der Waals surface area (Å²) in [6, 6.07) is 8.20. The van der Waals surface area contributed by atoms with Gasteiger partial charge in [0.2, 0.25) is 11.8 Å². The van der Waals surface area contributed by atoms with E-state index in [0.29, 0.717) is 19.5 Å². The number of fused-ring (bicyclic) bond motifs is 1. The molecule has 3 N–H and O–H groups in total.